The highest BCUT2D eigenvalue weighted by Crippen LogP contribution is 2.51. The van der Waals surface area contributed by atoms with Crippen LogP contribution in [0.2, 0.25) is 0 Å². The monoisotopic (exact) mass is 290 g/mol. The molecule has 104 valence electrons. The van der Waals surface area contributed by atoms with Crippen LogP contribution in [-0.2, 0) is 9.13 Å². The Morgan fingerprint density at radius 1 is 0.882 bits per heavy atom. The molecule has 0 bridgehead atoms. The van der Waals surface area contributed by atoms with Gasteiger partial charge < -0.3 is 31.0 Å². The summed E-state index contributed by atoms with van der Waals surface area (Å²) < 4.78 is 19.7. The van der Waals surface area contributed by atoms with Gasteiger partial charge in [-0.05, 0) is 12.8 Å². The van der Waals surface area contributed by atoms with Gasteiger partial charge in [-0.15, -0.1) is 0 Å². The number of rotatable bonds is 2. The van der Waals surface area contributed by atoms with Crippen LogP contribution in [0.3, 0.4) is 0 Å². The maximum absolute atomic E-state index is 9.85. The van der Waals surface area contributed by atoms with Crippen LogP contribution in [0.15, 0.2) is 0 Å². The summed E-state index contributed by atoms with van der Waals surface area (Å²) >= 11 is 0. The summed E-state index contributed by atoms with van der Waals surface area (Å²) in [5.41, 5.74) is 11.3. The summed E-state index contributed by atoms with van der Waals surface area (Å²) in [6, 6.07) is 0.562. The number of nitrogens with two attached hydrogens (primary N) is 2. The van der Waals surface area contributed by atoms with Crippen LogP contribution in [0.1, 0.15) is 25.7 Å². The van der Waals surface area contributed by atoms with Crippen molar-refractivity contribution in [1.29, 1.82) is 0 Å². The molecule has 0 spiro atoms. The van der Waals surface area contributed by atoms with E-state index in [0.717, 1.165) is 12.8 Å². The minimum absolute atomic E-state index is 0.281. The van der Waals surface area contributed by atoms with Crippen molar-refractivity contribution in [1.82, 2.24) is 0 Å². The zero-order valence-electron chi connectivity index (χ0n) is 9.34. The average molecular weight is 290 g/mol. The quantitative estimate of drug-likeness (QED) is 0.370. The first-order valence-corrected chi connectivity index (χ1v) is 8.71. The minimum atomic E-state index is -4.55. The van der Waals surface area contributed by atoms with Crippen molar-refractivity contribution >= 4 is 15.2 Å². The van der Waals surface area contributed by atoms with Crippen LogP contribution in [0.5, 0.6) is 0 Å². The molecule has 10 heteroatoms. The molecule has 0 aromatic carbocycles. The standard InChI is InChI=1S/C6H14N2.CH6O6P2/c7-5-3-1-2-4-6(5)8;2-8(3,4)1-9(5,6)7/h5-6H,1-4,7-8H2;1H2,(H2,2,3,4)(H2,5,6,7). The van der Waals surface area contributed by atoms with E-state index in [1.807, 2.05) is 0 Å². The van der Waals surface area contributed by atoms with Crippen molar-refractivity contribution in [3.05, 3.63) is 0 Å². The summed E-state index contributed by atoms with van der Waals surface area (Å²) in [6.07, 6.45) is 4.80. The second-order valence-electron chi connectivity index (χ2n) is 4.08. The minimum Gasteiger partial charge on any atom is -0.326 e. The second-order valence-corrected chi connectivity index (χ2v) is 7.87. The zero-order chi connectivity index (χ0) is 13.7. The van der Waals surface area contributed by atoms with Crippen molar-refractivity contribution in [3.8, 4) is 0 Å². The Balaban J connectivity index is 0.000000302. The van der Waals surface area contributed by atoms with E-state index >= 15 is 0 Å². The van der Waals surface area contributed by atoms with Crippen molar-refractivity contribution in [2.24, 2.45) is 11.5 Å². The van der Waals surface area contributed by atoms with Crippen molar-refractivity contribution in [2.75, 3.05) is 5.90 Å². The van der Waals surface area contributed by atoms with Gasteiger partial charge in [0.2, 0.25) is 0 Å². The van der Waals surface area contributed by atoms with E-state index < -0.39 is 21.1 Å². The van der Waals surface area contributed by atoms with E-state index in [1.165, 1.54) is 12.8 Å². The molecule has 1 aliphatic carbocycles. The molecule has 0 radical (unpaired) electrons. The second kappa shape index (κ2) is 6.97. The van der Waals surface area contributed by atoms with Crippen LogP contribution < -0.4 is 11.5 Å². The molecular formula is C7H20N2O6P2. The summed E-state index contributed by atoms with van der Waals surface area (Å²) in [4.78, 5) is 31.9. The highest BCUT2D eigenvalue weighted by Gasteiger charge is 2.26. The average Bonchev–Trinajstić information content (AvgIpc) is 2.04. The van der Waals surface area contributed by atoms with Crippen LogP contribution in [0.25, 0.3) is 0 Å². The maximum Gasteiger partial charge on any atom is 0.337 e. The summed E-state index contributed by atoms with van der Waals surface area (Å²) in [5, 5.41) is 0. The molecule has 0 saturated heterocycles. The van der Waals surface area contributed by atoms with Gasteiger partial charge in [0, 0.05) is 12.1 Å². The first-order valence-electron chi connectivity index (χ1n) is 5.11. The molecule has 8 nitrogen and oxygen atoms in total. The molecule has 0 heterocycles. The van der Waals surface area contributed by atoms with Gasteiger partial charge in [-0.25, -0.2) is 0 Å². The van der Waals surface area contributed by atoms with Gasteiger partial charge in [0.1, 0.15) is 0 Å². The lowest BCUT2D eigenvalue weighted by Crippen LogP contribution is -2.43. The van der Waals surface area contributed by atoms with Gasteiger partial charge >= 0.3 is 15.2 Å². The normalized spacial score (nSPS) is 26.0. The molecular weight excluding hydrogens is 270 g/mol. The third-order valence-electron chi connectivity index (χ3n) is 2.24. The largest absolute Gasteiger partial charge is 0.337 e. The fraction of sp³-hybridized carbons (Fsp3) is 1.00. The van der Waals surface area contributed by atoms with E-state index in [-0.39, 0.29) is 12.1 Å². The molecule has 0 aliphatic heterocycles. The predicted molar refractivity (Wildman–Crippen MR) is 63.4 cm³/mol. The SMILES string of the molecule is NC1CCCCC1N.O=P(O)(O)CP(=O)(O)O. The highest BCUT2D eigenvalue weighted by atomic mass is 31.2. The van der Waals surface area contributed by atoms with Gasteiger partial charge in [0.15, 0.2) is 5.90 Å². The molecule has 0 amide bonds. The fourth-order valence-corrected chi connectivity index (χ4v) is 3.35. The molecule has 2 unspecified atom stereocenters. The van der Waals surface area contributed by atoms with Gasteiger partial charge in [0.05, 0.1) is 0 Å². The third-order valence-corrected chi connectivity index (χ3v) is 5.19. The van der Waals surface area contributed by atoms with Crippen molar-refractivity contribution in [3.63, 3.8) is 0 Å². The predicted octanol–water partition coefficient (Wildman–Crippen LogP) is -0.486. The maximum atomic E-state index is 9.85. The molecule has 0 aromatic rings. The number of hydrogen-bond acceptors (Lipinski definition) is 4. The van der Waals surface area contributed by atoms with Crippen LogP contribution in [0.4, 0.5) is 0 Å². The molecule has 2 atom stereocenters. The zero-order valence-corrected chi connectivity index (χ0v) is 11.1. The Kier molecular flexibility index (Phi) is 7.06. The third kappa shape index (κ3) is 11.1. The fourth-order valence-electron chi connectivity index (χ4n) is 1.43. The Morgan fingerprint density at radius 2 is 1.18 bits per heavy atom. The summed E-state index contributed by atoms with van der Waals surface area (Å²) in [6.45, 7) is 0. The Labute approximate surface area is 99.7 Å². The smallest absolute Gasteiger partial charge is 0.326 e. The number of hydrogen-bond donors (Lipinski definition) is 6. The first kappa shape index (κ1) is 17.2. The molecule has 1 rings (SSSR count). The Hall–Kier alpha value is 0.220. The molecule has 1 saturated carbocycles. The molecule has 8 N–H and O–H groups in total. The van der Waals surface area contributed by atoms with Gasteiger partial charge in [-0.3, -0.25) is 9.13 Å². The van der Waals surface area contributed by atoms with Crippen LogP contribution in [0, 0.1) is 0 Å². The van der Waals surface area contributed by atoms with E-state index in [2.05, 4.69) is 0 Å². The topological polar surface area (TPSA) is 167 Å². The van der Waals surface area contributed by atoms with E-state index in [4.69, 9.17) is 31.0 Å². The van der Waals surface area contributed by atoms with E-state index in [0.29, 0.717) is 0 Å². The molecule has 17 heavy (non-hydrogen) atoms. The first-order chi connectivity index (χ1) is 7.51. The van der Waals surface area contributed by atoms with Gasteiger partial charge in [-0.1, -0.05) is 12.8 Å². The van der Waals surface area contributed by atoms with E-state index in [9.17, 15) is 9.13 Å². The summed E-state index contributed by atoms with van der Waals surface area (Å²) in [5.74, 6) is -1.38. The lowest BCUT2D eigenvalue weighted by molar-refractivity contribution is 0.357. The molecule has 1 aliphatic rings. The highest BCUT2D eigenvalue weighted by molar-refractivity contribution is 7.69. The van der Waals surface area contributed by atoms with Crippen LogP contribution in [-0.4, -0.2) is 37.6 Å². The van der Waals surface area contributed by atoms with Gasteiger partial charge in [0.25, 0.3) is 0 Å². The van der Waals surface area contributed by atoms with Crippen molar-refractivity contribution < 1.29 is 28.7 Å². The molecule has 1 fully saturated rings. The van der Waals surface area contributed by atoms with Gasteiger partial charge in [-0.2, -0.15) is 0 Å². The lowest BCUT2D eigenvalue weighted by Gasteiger charge is -2.24. The Bertz CT molecular complexity index is 283. The van der Waals surface area contributed by atoms with Crippen molar-refractivity contribution in [2.45, 2.75) is 37.8 Å². The van der Waals surface area contributed by atoms with Crippen LogP contribution >= 0.6 is 15.2 Å². The summed E-state index contributed by atoms with van der Waals surface area (Å²) in [7, 11) is -9.10. The molecule has 0 aromatic heterocycles. The lowest BCUT2D eigenvalue weighted by atomic mass is 9.92. The van der Waals surface area contributed by atoms with E-state index in [1.54, 1.807) is 0 Å². The Morgan fingerprint density at radius 3 is 1.29 bits per heavy atom.